The molecule has 0 spiro atoms. The number of hydrogen-bond donors (Lipinski definition) is 0. The van der Waals surface area contributed by atoms with E-state index in [1.54, 1.807) is 43.3 Å². The Hall–Kier alpha value is -1.69. The normalized spacial score (nSPS) is 16.7. The molecule has 4 nitrogen and oxygen atoms in total. The van der Waals surface area contributed by atoms with Crippen molar-refractivity contribution in [2.45, 2.75) is 6.92 Å². The Kier molecular flexibility index (Phi) is 4.53. The van der Waals surface area contributed by atoms with Crippen molar-refractivity contribution in [1.29, 1.82) is 0 Å². The zero-order valence-corrected chi connectivity index (χ0v) is 14.3. The lowest BCUT2D eigenvalue weighted by molar-refractivity contribution is -0.122. The van der Waals surface area contributed by atoms with Crippen LogP contribution >= 0.6 is 35.0 Å². The van der Waals surface area contributed by atoms with E-state index in [1.807, 2.05) is 0 Å². The molecular formula is C16H11Cl2NO3S. The number of benzene rings is 1. The molecule has 1 aromatic heterocycles. The molecule has 0 saturated carbocycles. The topological polar surface area (TPSA) is 50.5 Å². The maximum atomic E-state index is 12.1. The van der Waals surface area contributed by atoms with Crippen LogP contribution in [0.4, 0.5) is 4.79 Å². The van der Waals surface area contributed by atoms with Crippen LogP contribution in [-0.2, 0) is 4.79 Å². The van der Waals surface area contributed by atoms with Crippen molar-refractivity contribution in [3.63, 3.8) is 0 Å². The molecule has 1 aliphatic rings. The molecule has 0 radical (unpaired) electrons. The van der Waals surface area contributed by atoms with Crippen molar-refractivity contribution < 1.29 is 14.0 Å². The van der Waals surface area contributed by atoms with Gasteiger partial charge in [-0.15, -0.1) is 0 Å². The van der Waals surface area contributed by atoms with Gasteiger partial charge in [-0.25, -0.2) is 0 Å². The third-order valence-corrected chi connectivity index (χ3v) is 4.84. The molecule has 2 aromatic rings. The van der Waals surface area contributed by atoms with Crippen LogP contribution in [0.15, 0.2) is 39.7 Å². The summed E-state index contributed by atoms with van der Waals surface area (Å²) in [6.45, 7) is 2.10. The lowest BCUT2D eigenvalue weighted by Crippen LogP contribution is -2.27. The molecule has 0 aliphatic carbocycles. The molecular weight excluding hydrogens is 357 g/mol. The van der Waals surface area contributed by atoms with Crippen molar-refractivity contribution in [3.05, 3.63) is 51.0 Å². The van der Waals surface area contributed by atoms with Crippen LogP contribution in [-0.4, -0.2) is 22.6 Å². The highest BCUT2D eigenvalue weighted by atomic mass is 35.5. The molecule has 0 unspecified atom stereocenters. The highest BCUT2D eigenvalue weighted by molar-refractivity contribution is 8.18. The highest BCUT2D eigenvalue weighted by Crippen LogP contribution is 2.37. The van der Waals surface area contributed by atoms with Crippen LogP contribution in [0.2, 0.25) is 10.0 Å². The summed E-state index contributed by atoms with van der Waals surface area (Å²) in [6, 6.07) is 8.62. The molecule has 1 fully saturated rings. The van der Waals surface area contributed by atoms with Crippen molar-refractivity contribution in [2.75, 3.05) is 6.54 Å². The molecule has 0 bridgehead atoms. The summed E-state index contributed by atoms with van der Waals surface area (Å²) in [7, 11) is 0. The fourth-order valence-corrected chi connectivity index (χ4v) is 3.67. The molecule has 1 aromatic carbocycles. The van der Waals surface area contributed by atoms with Crippen LogP contribution in [0, 0.1) is 0 Å². The first-order valence-electron chi connectivity index (χ1n) is 6.81. The Morgan fingerprint density at radius 2 is 1.87 bits per heavy atom. The van der Waals surface area contributed by atoms with Gasteiger partial charge in [0.2, 0.25) is 0 Å². The Labute approximate surface area is 147 Å². The van der Waals surface area contributed by atoms with Crippen molar-refractivity contribution in [2.24, 2.45) is 0 Å². The molecule has 2 heterocycles. The number of nitrogens with zero attached hydrogens (tertiary/aromatic N) is 1. The van der Waals surface area contributed by atoms with E-state index >= 15 is 0 Å². The van der Waals surface area contributed by atoms with E-state index < -0.39 is 0 Å². The first kappa shape index (κ1) is 16.2. The van der Waals surface area contributed by atoms with Gasteiger partial charge in [-0.3, -0.25) is 14.5 Å². The third kappa shape index (κ3) is 3.04. The zero-order valence-electron chi connectivity index (χ0n) is 12.0. The highest BCUT2D eigenvalue weighted by Gasteiger charge is 2.33. The van der Waals surface area contributed by atoms with Gasteiger partial charge in [0.05, 0.1) is 20.5 Å². The Morgan fingerprint density at radius 3 is 2.48 bits per heavy atom. The molecule has 7 heteroatoms. The minimum atomic E-state index is -0.309. The predicted octanol–water partition coefficient (Wildman–Crippen LogP) is 5.31. The Morgan fingerprint density at radius 1 is 1.17 bits per heavy atom. The lowest BCUT2D eigenvalue weighted by Gasteiger charge is -2.06. The quantitative estimate of drug-likeness (QED) is 0.689. The maximum absolute atomic E-state index is 12.1. The lowest BCUT2D eigenvalue weighted by atomic mass is 10.2. The third-order valence-electron chi connectivity index (χ3n) is 3.30. The van der Waals surface area contributed by atoms with Crippen molar-refractivity contribution >= 4 is 52.2 Å². The number of thioether (sulfide) groups is 1. The molecule has 3 rings (SSSR count). The monoisotopic (exact) mass is 367 g/mol. The predicted molar refractivity (Wildman–Crippen MR) is 92.5 cm³/mol. The van der Waals surface area contributed by atoms with E-state index in [0.29, 0.717) is 38.6 Å². The minimum Gasteiger partial charge on any atom is -0.457 e. The number of halogens is 2. The molecule has 1 saturated heterocycles. The van der Waals surface area contributed by atoms with Crippen molar-refractivity contribution in [3.8, 4) is 11.3 Å². The number of likely N-dealkylation sites (N-methyl/N-ethyl adjacent to an activating group) is 1. The number of carbonyl (C=O) groups is 2. The second-order valence-corrected chi connectivity index (χ2v) is 6.53. The van der Waals surface area contributed by atoms with Gasteiger partial charge in [-0.1, -0.05) is 29.3 Å². The average molecular weight is 368 g/mol. The minimum absolute atomic E-state index is 0.273. The van der Waals surface area contributed by atoms with Crippen LogP contribution < -0.4 is 0 Å². The number of imide groups is 1. The standard InChI is InChI=1S/C16H11Cl2NO3S/c1-2-19-15(20)13(23-16(19)21)8-9-6-7-12(22-9)14-10(17)4-3-5-11(14)18/h3-8H,2H2,1H3/b13-8+. The fourth-order valence-electron chi connectivity index (χ4n) is 2.20. The second kappa shape index (κ2) is 6.43. The zero-order chi connectivity index (χ0) is 16.6. The van der Waals surface area contributed by atoms with E-state index in [9.17, 15) is 9.59 Å². The number of amides is 2. The molecule has 23 heavy (non-hydrogen) atoms. The van der Waals surface area contributed by atoms with Gasteiger partial charge in [-0.05, 0) is 43.0 Å². The second-order valence-electron chi connectivity index (χ2n) is 4.72. The van der Waals surface area contributed by atoms with Gasteiger partial charge < -0.3 is 4.42 Å². The SMILES string of the molecule is CCN1C(=O)S/C(=C/c2ccc(-c3c(Cl)cccc3Cl)o2)C1=O. The number of carbonyl (C=O) groups excluding carboxylic acids is 2. The summed E-state index contributed by atoms with van der Waals surface area (Å²) in [5.41, 5.74) is 0.595. The fraction of sp³-hybridized carbons (Fsp3) is 0.125. The van der Waals surface area contributed by atoms with Crippen molar-refractivity contribution in [1.82, 2.24) is 4.90 Å². The van der Waals surface area contributed by atoms with Crippen LogP contribution in [0.3, 0.4) is 0 Å². The summed E-state index contributed by atoms with van der Waals surface area (Å²) >= 11 is 13.2. The van der Waals surface area contributed by atoms with Gasteiger partial charge in [0.1, 0.15) is 11.5 Å². The average Bonchev–Trinajstić information content (AvgIpc) is 3.05. The summed E-state index contributed by atoms with van der Waals surface area (Å²) in [4.78, 5) is 25.3. The smallest absolute Gasteiger partial charge is 0.293 e. The number of hydrogen-bond acceptors (Lipinski definition) is 4. The largest absolute Gasteiger partial charge is 0.457 e. The summed E-state index contributed by atoms with van der Waals surface area (Å²) in [5.74, 6) is 0.649. The van der Waals surface area contributed by atoms with Crippen LogP contribution in [0.1, 0.15) is 12.7 Å². The number of rotatable bonds is 3. The molecule has 118 valence electrons. The van der Waals surface area contributed by atoms with E-state index in [4.69, 9.17) is 27.6 Å². The molecule has 0 N–H and O–H groups in total. The van der Waals surface area contributed by atoms with E-state index in [0.717, 1.165) is 11.8 Å². The van der Waals surface area contributed by atoms with E-state index in [2.05, 4.69) is 0 Å². The maximum Gasteiger partial charge on any atom is 0.293 e. The Balaban J connectivity index is 1.93. The summed E-state index contributed by atoms with van der Waals surface area (Å²) in [5, 5.41) is 0.680. The van der Waals surface area contributed by atoms with Gasteiger partial charge in [0.15, 0.2) is 0 Å². The van der Waals surface area contributed by atoms with Crippen LogP contribution in [0.5, 0.6) is 0 Å². The molecule has 1 aliphatic heterocycles. The van der Waals surface area contributed by atoms with Gasteiger partial charge in [0.25, 0.3) is 11.1 Å². The van der Waals surface area contributed by atoms with Crippen LogP contribution in [0.25, 0.3) is 17.4 Å². The van der Waals surface area contributed by atoms with Gasteiger partial charge >= 0.3 is 0 Å². The summed E-state index contributed by atoms with van der Waals surface area (Å²) in [6.07, 6.45) is 1.55. The summed E-state index contributed by atoms with van der Waals surface area (Å²) < 4.78 is 5.71. The first-order chi connectivity index (χ1) is 11.0. The van der Waals surface area contributed by atoms with E-state index in [-0.39, 0.29) is 11.1 Å². The first-order valence-corrected chi connectivity index (χ1v) is 8.38. The van der Waals surface area contributed by atoms with E-state index in [1.165, 1.54) is 4.90 Å². The van der Waals surface area contributed by atoms with Gasteiger partial charge in [0, 0.05) is 12.6 Å². The molecule has 0 atom stereocenters. The molecule has 2 amide bonds. The Bertz CT molecular complexity index is 808. The number of furan rings is 1. The van der Waals surface area contributed by atoms with Gasteiger partial charge in [-0.2, -0.15) is 0 Å².